The standard InChI is InChI=1S/C28H41F2N3O4/c1-18(2)10-11-20(21-12-19(17-34)14-32(15-21)27(36)37-28(3,4)5)13-24(35)26-31-22-8-6-7-9-23(22)33(26)16-25(29)30/h6-9,18-21,25,34H,10-17H2,1-5H3/t19-,20?,21+/m1/s1. The fourth-order valence-electron chi connectivity index (χ4n) is 5.19. The average Bonchev–Trinajstić information content (AvgIpc) is 3.18. The van der Waals surface area contributed by atoms with E-state index in [9.17, 15) is 23.5 Å². The molecule has 1 amide bonds. The molecule has 7 nitrogen and oxygen atoms in total. The molecule has 3 atom stereocenters. The SMILES string of the molecule is CC(C)CCC(CC(=O)c1nc2ccccc2n1CC(F)F)[C@H]1C[C@@H](CO)CN(C(=O)OC(C)(C)C)C1. The first-order chi connectivity index (χ1) is 17.4. The van der Waals surface area contributed by atoms with Crippen LogP contribution in [0.2, 0.25) is 0 Å². The van der Waals surface area contributed by atoms with Crippen LogP contribution in [-0.2, 0) is 11.3 Å². The number of nitrogens with zero attached hydrogens (tertiary/aromatic N) is 3. The number of alkyl halides is 2. The average molecular weight is 522 g/mol. The number of aliphatic hydroxyl groups excluding tert-OH is 1. The molecule has 1 fully saturated rings. The second-order valence-corrected chi connectivity index (χ2v) is 11.7. The number of benzene rings is 1. The normalized spacial score (nSPS) is 19.6. The Morgan fingerprint density at radius 2 is 1.86 bits per heavy atom. The Morgan fingerprint density at radius 3 is 2.49 bits per heavy atom. The van der Waals surface area contributed by atoms with Crippen LogP contribution in [-0.4, -0.2) is 63.2 Å². The molecule has 0 bridgehead atoms. The third-order valence-electron chi connectivity index (χ3n) is 6.93. The monoisotopic (exact) mass is 521 g/mol. The van der Waals surface area contributed by atoms with Crippen LogP contribution in [0.25, 0.3) is 11.0 Å². The van der Waals surface area contributed by atoms with Crippen LogP contribution in [0.3, 0.4) is 0 Å². The minimum atomic E-state index is -2.62. The molecule has 1 unspecified atom stereocenters. The first-order valence-corrected chi connectivity index (χ1v) is 13.2. The van der Waals surface area contributed by atoms with Crippen molar-refractivity contribution in [2.75, 3.05) is 19.7 Å². The summed E-state index contributed by atoms with van der Waals surface area (Å²) in [6.45, 7) is 9.83. The van der Waals surface area contributed by atoms with Crippen LogP contribution in [0.15, 0.2) is 24.3 Å². The number of fused-ring (bicyclic) bond motifs is 1. The van der Waals surface area contributed by atoms with E-state index in [0.717, 1.165) is 12.8 Å². The number of hydrogen-bond acceptors (Lipinski definition) is 5. The number of amides is 1. The quantitative estimate of drug-likeness (QED) is 0.400. The van der Waals surface area contributed by atoms with Crippen molar-refractivity contribution in [3.8, 4) is 0 Å². The van der Waals surface area contributed by atoms with Crippen LogP contribution < -0.4 is 0 Å². The topological polar surface area (TPSA) is 84.7 Å². The number of ketones is 1. The molecule has 206 valence electrons. The molecule has 1 saturated heterocycles. The predicted octanol–water partition coefficient (Wildman–Crippen LogP) is 5.79. The lowest BCUT2D eigenvalue weighted by molar-refractivity contribution is -0.00199. The molecule has 0 aliphatic carbocycles. The smallest absolute Gasteiger partial charge is 0.410 e. The Morgan fingerprint density at radius 1 is 1.16 bits per heavy atom. The van der Waals surface area contributed by atoms with Crippen molar-refractivity contribution in [3.05, 3.63) is 30.1 Å². The van der Waals surface area contributed by atoms with E-state index in [0.29, 0.717) is 36.5 Å². The van der Waals surface area contributed by atoms with Gasteiger partial charge in [-0.25, -0.2) is 18.6 Å². The summed E-state index contributed by atoms with van der Waals surface area (Å²) in [6.07, 6.45) is -0.583. The van der Waals surface area contributed by atoms with Crippen molar-refractivity contribution in [1.29, 1.82) is 0 Å². The molecule has 1 aliphatic heterocycles. The van der Waals surface area contributed by atoms with E-state index >= 15 is 0 Å². The second-order valence-electron chi connectivity index (χ2n) is 11.7. The second kappa shape index (κ2) is 12.3. The molecular weight excluding hydrogens is 480 g/mol. The van der Waals surface area contributed by atoms with Crippen LogP contribution in [0.1, 0.15) is 70.9 Å². The van der Waals surface area contributed by atoms with E-state index in [1.807, 2.05) is 20.8 Å². The molecule has 3 rings (SSSR count). The van der Waals surface area contributed by atoms with Gasteiger partial charge in [0.1, 0.15) is 5.60 Å². The third-order valence-corrected chi connectivity index (χ3v) is 6.93. The molecule has 1 N–H and O–H groups in total. The zero-order valence-electron chi connectivity index (χ0n) is 22.6. The van der Waals surface area contributed by atoms with Gasteiger partial charge in [0.2, 0.25) is 0 Å². The maximum atomic E-state index is 13.6. The van der Waals surface area contributed by atoms with Gasteiger partial charge in [0, 0.05) is 32.0 Å². The van der Waals surface area contributed by atoms with Crippen molar-refractivity contribution in [2.24, 2.45) is 23.7 Å². The first-order valence-electron chi connectivity index (χ1n) is 13.2. The van der Waals surface area contributed by atoms with E-state index in [-0.39, 0.29) is 42.4 Å². The molecular formula is C28H41F2N3O4. The molecule has 2 heterocycles. The highest BCUT2D eigenvalue weighted by atomic mass is 19.3. The highest BCUT2D eigenvalue weighted by Crippen LogP contribution is 2.35. The predicted molar refractivity (Wildman–Crippen MR) is 139 cm³/mol. The number of hydrogen-bond donors (Lipinski definition) is 1. The Bertz CT molecular complexity index is 1060. The summed E-state index contributed by atoms with van der Waals surface area (Å²) in [7, 11) is 0. The fourth-order valence-corrected chi connectivity index (χ4v) is 5.19. The molecule has 1 aromatic heterocycles. The van der Waals surface area contributed by atoms with E-state index < -0.39 is 24.7 Å². The highest BCUT2D eigenvalue weighted by Gasteiger charge is 2.37. The number of carbonyl (C=O) groups is 2. The van der Waals surface area contributed by atoms with Crippen LogP contribution in [0.5, 0.6) is 0 Å². The molecule has 2 aromatic rings. The summed E-state index contributed by atoms with van der Waals surface area (Å²) in [5.74, 6) is -0.0512. The van der Waals surface area contributed by atoms with Crippen molar-refractivity contribution < 1.29 is 28.2 Å². The first kappa shape index (κ1) is 29.0. The zero-order valence-corrected chi connectivity index (χ0v) is 22.6. The Hall–Kier alpha value is -2.55. The van der Waals surface area contributed by atoms with Crippen molar-refractivity contribution in [3.63, 3.8) is 0 Å². The van der Waals surface area contributed by atoms with Gasteiger partial charge in [0.25, 0.3) is 6.43 Å². The number of likely N-dealkylation sites (tertiary alicyclic amines) is 1. The molecule has 9 heteroatoms. The largest absolute Gasteiger partial charge is 0.444 e. The van der Waals surface area contributed by atoms with Gasteiger partial charge in [-0.3, -0.25) is 4.79 Å². The summed E-state index contributed by atoms with van der Waals surface area (Å²) in [5, 5.41) is 9.97. The number of ether oxygens (including phenoxy) is 1. The van der Waals surface area contributed by atoms with Gasteiger partial charge in [0.15, 0.2) is 11.6 Å². The number of piperidine rings is 1. The lowest BCUT2D eigenvalue weighted by Gasteiger charge is -2.41. The lowest BCUT2D eigenvalue weighted by Crippen LogP contribution is -2.48. The number of aromatic nitrogens is 2. The van der Waals surface area contributed by atoms with Gasteiger partial charge >= 0.3 is 6.09 Å². The van der Waals surface area contributed by atoms with Gasteiger partial charge < -0.3 is 19.3 Å². The number of Topliss-reactive ketones (excluding diaryl/α,β-unsaturated/α-hetero) is 1. The van der Waals surface area contributed by atoms with Crippen molar-refractivity contribution in [2.45, 2.75) is 78.9 Å². The number of aliphatic hydroxyl groups is 1. The van der Waals surface area contributed by atoms with E-state index in [1.54, 1.807) is 29.2 Å². The summed E-state index contributed by atoms with van der Waals surface area (Å²) < 4.78 is 33.7. The zero-order chi connectivity index (χ0) is 27.3. The molecule has 0 spiro atoms. The summed E-state index contributed by atoms with van der Waals surface area (Å²) in [5.41, 5.74) is 0.383. The van der Waals surface area contributed by atoms with E-state index in [1.165, 1.54) is 4.57 Å². The lowest BCUT2D eigenvalue weighted by atomic mass is 9.76. The maximum Gasteiger partial charge on any atom is 0.410 e. The maximum absolute atomic E-state index is 13.6. The number of rotatable bonds is 10. The van der Waals surface area contributed by atoms with Crippen LogP contribution >= 0.6 is 0 Å². The minimum absolute atomic E-state index is 0.0333. The number of para-hydroxylation sites is 2. The van der Waals surface area contributed by atoms with Gasteiger partial charge in [0.05, 0.1) is 17.6 Å². The van der Waals surface area contributed by atoms with Crippen LogP contribution in [0, 0.1) is 23.7 Å². The van der Waals surface area contributed by atoms with Gasteiger partial charge in [-0.15, -0.1) is 0 Å². The highest BCUT2D eigenvalue weighted by molar-refractivity contribution is 5.96. The summed E-state index contributed by atoms with van der Waals surface area (Å²) in [6, 6.07) is 6.93. The number of halogens is 2. The Balaban J connectivity index is 1.88. The van der Waals surface area contributed by atoms with Gasteiger partial charge in [-0.2, -0.15) is 0 Å². The fraction of sp³-hybridized carbons (Fsp3) is 0.679. The molecule has 0 radical (unpaired) electrons. The van der Waals surface area contributed by atoms with Crippen molar-refractivity contribution >= 4 is 22.9 Å². The Kier molecular flexibility index (Phi) is 9.67. The molecule has 1 aromatic carbocycles. The third kappa shape index (κ3) is 7.97. The summed E-state index contributed by atoms with van der Waals surface area (Å²) >= 11 is 0. The Labute approximate surface area is 218 Å². The van der Waals surface area contributed by atoms with Gasteiger partial charge in [-0.05, 0) is 63.5 Å². The van der Waals surface area contributed by atoms with Crippen molar-refractivity contribution in [1.82, 2.24) is 14.5 Å². The van der Waals surface area contributed by atoms with E-state index in [4.69, 9.17) is 4.74 Å². The number of carbonyl (C=O) groups excluding carboxylic acids is 2. The molecule has 1 aliphatic rings. The van der Waals surface area contributed by atoms with E-state index in [2.05, 4.69) is 18.8 Å². The molecule has 0 saturated carbocycles. The van der Waals surface area contributed by atoms with Crippen LogP contribution in [0.4, 0.5) is 13.6 Å². The van der Waals surface area contributed by atoms with Gasteiger partial charge in [-0.1, -0.05) is 32.4 Å². The molecule has 37 heavy (non-hydrogen) atoms. The minimum Gasteiger partial charge on any atom is -0.444 e. The summed E-state index contributed by atoms with van der Waals surface area (Å²) in [4.78, 5) is 32.5. The number of imidazole rings is 1.